The molecule has 1 aromatic rings. The van der Waals surface area contributed by atoms with E-state index in [0.717, 1.165) is 20.3 Å². The van der Waals surface area contributed by atoms with Gasteiger partial charge in [0.2, 0.25) is 10.9 Å². The fourth-order valence-corrected chi connectivity index (χ4v) is 2.86. The van der Waals surface area contributed by atoms with Gasteiger partial charge in [-0.1, -0.05) is 28.1 Å². The third-order valence-corrected chi connectivity index (χ3v) is 4.46. The monoisotopic (exact) mass is 404 g/mol. The third kappa shape index (κ3) is 3.85. The van der Waals surface area contributed by atoms with Gasteiger partial charge in [0.05, 0.1) is 25.1 Å². The molecule has 0 fully saturated rings. The topological polar surface area (TPSA) is 139 Å². The molecule has 1 rings (SSSR count). The van der Waals surface area contributed by atoms with Crippen molar-refractivity contribution in [3.05, 3.63) is 50.1 Å². The average Bonchev–Trinajstić information content (AvgIpc) is 2.57. The molecule has 130 valence electrons. The summed E-state index contributed by atoms with van der Waals surface area (Å²) in [5, 5.41) is 21.9. The van der Waals surface area contributed by atoms with Gasteiger partial charge in [0.1, 0.15) is 0 Å². The van der Waals surface area contributed by atoms with Gasteiger partial charge in [-0.05, 0) is 5.56 Å². The lowest BCUT2D eigenvalue weighted by atomic mass is 9.85. The molecule has 0 aliphatic rings. The van der Waals surface area contributed by atoms with Gasteiger partial charge in [0.25, 0.3) is 5.69 Å². The standard InChI is InChI=1S/C13H13BrN2O8/c1-23-11(17)13(14,12(18)24-2)10(7-15(19)20)8-4-3-5-9(6-8)16(21)22/h3-6,10H,7H2,1-2H3. The highest BCUT2D eigenvalue weighted by Gasteiger charge is 2.55. The van der Waals surface area contributed by atoms with Crippen LogP contribution in [0, 0.1) is 20.2 Å². The van der Waals surface area contributed by atoms with Gasteiger partial charge >= 0.3 is 11.9 Å². The highest BCUT2D eigenvalue weighted by molar-refractivity contribution is 9.10. The first-order valence-electron chi connectivity index (χ1n) is 6.40. The van der Waals surface area contributed by atoms with Crippen molar-refractivity contribution in [1.82, 2.24) is 0 Å². The van der Waals surface area contributed by atoms with Gasteiger partial charge in [-0.3, -0.25) is 20.2 Å². The molecule has 10 nitrogen and oxygen atoms in total. The summed E-state index contributed by atoms with van der Waals surface area (Å²) in [6.45, 7) is -0.864. The minimum atomic E-state index is -2.22. The van der Waals surface area contributed by atoms with Gasteiger partial charge in [-0.15, -0.1) is 0 Å². The average molecular weight is 405 g/mol. The van der Waals surface area contributed by atoms with Crippen LogP contribution in [0.3, 0.4) is 0 Å². The second-order valence-corrected chi connectivity index (χ2v) is 5.87. The summed E-state index contributed by atoms with van der Waals surface area (Å²) >= 11 is 2.91. The molecule has 11 heteroatoms. The second kappa shape index (κ2) is 7.81. The number of hydrogen-bond donors (Lipinski definition) is 0. The van der Waals surface area contributed by atoms with Crippen molar-refractivity contribution in [2.45, 2.75) is 10.2 Å². The van der Waals surface area contributed by atoms with Gasteiger partial charge < -0.3 is 9.47 Å². The number of halogens is 1. The maximum absolute atomic E-state index is 12.1. The highest BCUT2D eigenvalue weighted by atomic mass is 79.9. The number of hydrogen-bond acceptors (Lipinski definition) is 8. The van der Waals surface area contributed by atoms with Gasteiger partial charge in [-0.2, -0.15) is 0 Å². The summed E-state index contributed by atoms with van der Waals surface area (Å²) in [5.41, 5.74) is -0.306. The van der Waals surface area contributed by atoms with E-state index in [0.29, 0.717) is 0 Å². The SMILES string of the molecule is COC(=O)C(Br)(C(=O)OC)C(C[N+](=O)[O-])c1cccc([N+](=O)[O-])c1. The molecule has 1 atom stereocenters. The number of methoxy groups -OCH3 is 2. The molecule has 0 N–H and O–H groups in total. The Kier molecular flexibility index (Phi) is 6.35. The van der Waals surface area contributed by atoms with E-state index in [9.17, 15) is 29.8 Å². The first kappa shape index (κ1) is 19.5. The van der Waals surface area contributed by atoms with Crippen LogP contribution in [0.15, 0.2) is 24.3 Å². The Balaban J connectivity index is 3.56. The number of non-ortho nitro benzene ring substituents is 1. The molecule has 0 aliphatic carbocycles. The van der Waals surface area contributed by atoms with E-state index in [4.69, 9.17) is 0 Å². The van der Waals surface area contributed by atoms with Crippen molar-refractivity contribution in [3.63, 3.8) is 0 Å². The van der Waals surface area contributed by atoms with Crippen LogP contribution in [-0.2, 0) is 19.1 Å². The zero-order valence-corrected chi connectivity index (χ0v) is 14.2. The number of carbonyl (C=O) groups is 2. The Morgan fingerprint density at radius 3 is 2.17 bits per heavy atom. The van der Waals surface area contributed by atoms with Crippen molar-refractivity contribution < 1.29 is 28.9 Å². The number of nitrogens with zero attached hydrogens (tertiary/aromatic N) is 2. The molecule has 24 heavy (non-hydrogen) atoms. The smallest absolute Gasteiger partial charge is 0.335 e. The normalized spacial score (nSPS) is 12.1. The van der Waals surface area contributed by atoms with Crippen LogP contribution in [0.2, 0.25) is 0 Å². The minimum Gasteiger partial charge on any atom is -0.468 e. The maximum atomic E-state index is 12.1. The van der Waals surface area contributed by atoms with Crippen LogP contribution in [0.25, 0.3) is 0 Å². The lowest BCUT2D eigenvalue weighted by Gasteiger charge is -2.28. The minimum absolute atomic E-state index is 0.0357. The lowest BCUT2D eigenvalue weighted by Crippen LogP contribution is -2.49. The Hall–Kier alpha value is -2.56. The van der Waals surface area contributed by atoms with Crippen molar-refractivity contribution >= 4 is 33.6 Å². The predicted molar refractivity (Wildman–Crippen MR) is 83.4 cm³/mol. The number of ether oxygens (including phenoxy) is 2. The summed E-state index contributed by atoms with van der Waals surface area (Å²) in [4.78, 5) is 44.7. The molecule has 0 saturated carbocycles. The van der Waals surface area contributed by atoms with E-state index in [2.05, 4.69) is 25.4 Å². The molecular formula is C13H13BrN2O8. The number of rotatable bonds is 7. The Morgan fingerprint density at radius 2 is 1.75 bits per heavy atom. The molecule has 1 unspecified atom stereocenters. The molecule has 1 aromatic carbocycles. The number of benzene rings is 1. The van der Waals surface area contributed by atoms with Gasteiger partial charge in [0, 0.05) is 17.1 Å². The molecule has 0 heterocycles. The van der Waals surface area contributed by atoms with E-state index in [1.54, 1.807) is 0 Å². The van der Waals surface area contributed by atoms with Crippen LogP contribution in [0.1, 0.15) is 11.5 Å². The van der Waals surface area contributed by atoms with E-state index < -0.39 is 38.6 Å². The summed E-state index contributed by atoms with van der Waals surface area (Å²) in [6.07, 6.45) is 0. The molecular weight excluding hydrogens is 392 g/mol. The number of nitro groups is 2. The summed E-state index contributed by atoms with van der Waals surface area (Å²) in [7, 11) is 2.00. The molecule has 0 amide bonds. The quantitative estimate of drug-likeness (QED) is 0.218. The summed E-state index contributed by atoms with van der Waals surface area (Å²) in [6, 6.07) is 4.86. The van der Waals surface area contributed by atoms with E-state index >= 15 is 0 Å². The molecule has 0 aliphatic heterocycles. The van der Waals surface area contributed by atoms with E-state index in [-0.39, 0.29) is 11.3 Å². The second-order valence-electron chi connectivity index (χ2n) is 4.61. The number of esters is 2. The Labute approximate surface area is 144 Å². The molecule has 0 radical (unpaired) electrons. The number of carbonyl (C=O) groups excluding carboxylic acids is 2. The van der Waals surface area contributed by atoms with Gasteiger partial charge in [-0.25, -0.2) is 9.59 Å². The van der Waals surface area contributed by atoms with E-state index in [1.807, 2.05) is 0 Å². The van der Waals surface area contributed by atoms with Crippen LogP contribution in [0.5, 0.6) is 0 Å². The Bertz CT molecular complexity index is 662. The van der Waals surface area contributed by atoms with Crippen LogP contribution in [-0.4, -0.2) is 46.9 Å². The third-order valence-electron chi connectivity index (χ3n) is 3.26. The van der Waals surface area contributed by atoms with Crippen LogP contribution >= 0.6 is 15.9 Å². The van der Waals surface area contributed by atoms with Crippen molar-refractivity contribution in [2.24, 2.45) is 0 Å². The van der Waals surface area contributed by atoms with Crippen molar-refractivity contribution in [2.75, 3.05) is 20.8 Å². The summed E-state index contributed by atoms with van der Waals surface area (Å²) in [5.74, 6) is -3.63. The van der Waals surface area contributed by atoms with Crippen molar-refractivity contribution in [3.8, 4) is 0 Å². The molecule has 0 saturated heterocycles. The fourth-order valence-electron chi connectivity index (χ4n) is 2.13. The van der Waals surface area contributed by atoms with Crippen molar-refractivity contribution in [1.29, 1.82) is 0 Å². The maximum Gasteiger partial charge on any atom is 0.335 e. The number of nitro benzene ring substituents is 1. The zero-order valence-electron chi connectivity index (χ0n) is 12.6. The molecule has 0 spiro atoms. The predicted octanol–water partition coefficient (Wildman–Crippen LogP) is 1.43. The largest absolute Gasteiger partial charge is 0.468 e. The first-order chi connectivity index (χ1) is 11.2. The summed E-state index contributed by atoms with van der Waals surface area (Å²) < 4.78 is 6.89. The number of alkyl halides is 1. The highest BCUT2D eigenvalue weighted by Crippen LogP contribution is 2.39. The first-order valence-corrected chi connectivity index (χ1v) is 7.19. The zero-order chi connectivity index (χ0) is 18.5. The lowest BCUT2D eigenvalue weighted by molar-refractivity contribution is -0.483. The fraction of sp³-hybridized carbons (Fsp3) is 0.385. The van der Waals surface area contributed by atoms with Crippen LogP contribution < -0.4 is 0 Å². The molecule has 0 bridgehead atoms. The Morgan fingerprint density at radius 1 is 1.21 bits per heavy atom. The van der Waals surface area contributed by atoms with Gasteiger partial charge in [0.15, 0.2) is 0 Å². The van der Waals surface area contributed by atoms with E-state index in [1.165, 1.54) is 18.2 Å². The molecule has 0 aromatic heterocycles. The van der Waals surface area contributed by atoms with Crippen LogP contribution in [0.4, 0.5) is 5.69 Å².